The lowest BCUT2D eigenvalue weighted by molar-refractivity contribution is 0.685. The molecule has 2 saturated carbocycles. The Morgan fingerprint density at radius 3 is 2.67 bits per heavy atom. The Morgan fingerprint density at radius 2 is 1.90 bits per heavy atom. The van der Waals surface area contributed by atoms with Crippen molar-refractivity contribution >= 4 is 5.95 Å². The van der Waals surface area contributed by atoms with Crippen molar-refractivity contribution in [2.45, 2.75) is 57.0 Å². The van der Waals surface area contributed by atoms with E-state index in [1.54, 1.807) is 0 Å². The van der Waals surface area contributed by atoms with Crippen molar-refractivity contribution in [2.75, 3.05) is 5.32 Å². The molecule has 3 nitrogen and oxygen atoms in total. The first-order valence-electron chi connectivity index (χ1n) is 8.18. The number of hydrogen-bond acceptors (Lipinski definition) is 2. The Kier molecular flexibility index (Phi) is 3.21. The molecule has 1 aromatic carbocycles. The molecule has 1 aromatic heterocycles. The number of anilines is 1. The molecule has 0 saturated heterocycles. The minimum absolute atomic E-state index is 0.581. The van der Waals surface area contributed by atoms with E-state index < -0.39 is 0 Å². The highest BCUT2D eigenvalue weighted by molar-refractivity contribution is 5.36. The minimum atomic E-state index is 0.581. The van der Waals surface area contributed by atoms with E-state index in [1.165, 1.54) is 37.7 Å². The Hall–Kier alpha value is -1.77. The van der Waals surface area contributed by atoms with E-state index in [2.05, 4.69) is 53.3 Å². The molecule has 3 heteroatoms. The summed E-state index contributed by atoms with van der Waals surface area (Å²) in [6.45, 7) is 2.09. The van der Waals surface area contributed by atoms with Gasteiger partial charge < -0.3 is 9.88 Å². The van der Waals surface area contributed by atoms with Gasteiger partial charge in [-0.15, -0.1) is 0 Å². The number of nitrogens with zero attached hydrogens (tertiary/aromatic N) is 2. The zero-order valence-electron chi connectivity index (χ0n) is 12.6. The molecule has 0 aliphatic heterocycles. The van der Waals surface area contributed by atoms with Crippen molar-refractivity contribution in [1.29, 1.82) is 0 Å². The number of aromatic nitrogens is 2. The van der Waals surface area contributed by atoms with Crippen LogP contribution in [-0.4, -0.2) is 15.6 Å². The fraction of sp³-hybridized carbons (Fsp3) is 0.500. The standard InChI is InChI=1S/C18H23N3/c1-13-12-21(18(19-13)20-15-9-5-6-10-15)17-11-16(17)14-7-3-2-4-8-14/h2-4,7-8,12,15-17H,5-6,9-11H2,1H3,(H,19,20). The predicted octanol–water partition coefficient (Wildman–Crippen LogP) is 4.27. The summed E-state index contributed by atoms with van der Waals surface area (Å²) in [6.07, 6.45) is 8.74. The highest BCUT2D eigenvalue weighted by Gasteiger charge is 2.41. The second-order valence-electron chi connectivity index (χ2n) is 6.56. The zero-order chi connectivity index (χ0) is 14.2. The van der Waals surface area contributed by atoms with Gasteiger partial charge in [-0.1, -0.05) is 43.2 Å². The van der Waals surface area contributed by atoms with Gasteiger partial charge in [0.1, 0.15) is 0 Å². The number of benzene rings is 1. The SMILES string of the molecule is Cc1cn(C2CC2c2ccccc2)c(NC2CCCC2)n1. The highest BCUT2D eigenvalue weighted by Crippen LogP contribution is 2.52. The number of aryl methyl sites for hydroxylation is 1. The van der Waals surface area contributed by atoms with E-state index in [9.17, 15) is 0 Å². The molecule has 1 heterocycles. The molecule has 2 unspecified atom stereocenters. The van der Waals surface area contributed by atoms with Gasteiger partial charge in [0.15, 0.2) is 0 Å². The molecule has 0 bridgehead atoms. The lowest BCUT2D eigenvalue weighted by Crippen LogP contribution is -2.18. The van der Waals surface area contributed by atoms with Crippen molar-refractivity contribution in [3.05, 3.63) is 47.8 Å². The molecule has 1 N–H and O–H groups in total. The molecule has 21 heavy (non-hydrogen) atoms. The average molecular weight is 281 g/mol. The smallest absolute Gasteiger partial charge is 0.203 e. The third kappa shape index (κ3) is 2.57. The van der Waals surface area contributed by atoms with Crippen LogP contribution in [0.5, 0.6) is 0 Å². The molecule has 0 radical (unpaired) electrons. The second-order valence-corrected chi connectivity index (χ2v) is 6.56. The summed E-state index contributed by atoms with van der Waals surface area (Å²) in [5.74, 6) is 1.74. The average Bonchev–Trinajstić information content (AvgIpc) is 2.96. The van der Waals surface area contributed by atoms with Gasteiger partial charge in [-0.3, -0.25) is 0 Å². The minimum Gasteiger partial charge on any atom is -0.353 e. The van der Waals surface area contributed by atoms with E-state index in [1.807, 2.05) is 0 Å². The van der Waals surface area contributed by atoms with Crippen LogP contribution in [0.4, 0.5) is 5.95 Å². The summed E-state index contributed by atoms with van der Waals surface area (Å²) in [4.78, 5) is 4.72. The van der Waals surface area contributed by atoms with E-state index in [4.69, 9.17) is 4.98 Å². The van der Waals surface area contributed by atoms with Crippen LogP contribution in [0.15, 0.2) is 36.5 Å². The molecule has 0 amide bonds. The van der Waals surface area contributed by atoms with Gasteiger partial charge in [0.2, 0.25) is 5.95 Å². The zero-order valence-corrected chi connectivity index (χ0v) is 12.6. The van der Waals surface area contributed by atoms with Crippen molar-refractivity contribution < 1.29 is 0 Å². The van der Waals surface area contributed by atoms with Crippen LogP contribution >= 0.6 is 0 Å². The number of nitrogens with one attached hydrogen (secondary N) is 1. The third-order valence-corrected chi connectivity index (χ3v) is 4.88. The van der Waals surface area contributed by atoms with E-state index in [0.717, 1.165) is 11.6 Å². The first-order valence-corrected chi connectivity index (χ1v) is 8.18. The van der Waals surface area contributed by atoms with Gasteiger partial charge in [0.25, 0.3) is 0 Å². The van der Waals surface area contributed by atoms with Crippen molar-refractivity contribution in [3.8, 4) is 0 Å². The van der Waals surface area contributed by atoms with Gasteiger partial charge in [-0.2, -0.15) is 0 Å². The van der Waals surface area contributed by atoms with Crippen LogP contribution in [0.2, 0.25) is 0 Å². The van der Waals surface area contributed by atoms with Crippen molar-refractivity contribution in [3.63, 3.8) is 0 Å². The first kappa shape index (κ1) is 12.9. The molecule has 4 rings (SSSR count). The van der Waals surface area contributed by atoms with Gasteiger partial charge in [0.05, 0.1) is 5.69 Å². The quantitative estimate of drug-likeness (QED) is 0.906. The number of hydrogen-bond donors (Lipinski definition) is 1. The summed E-state index contributed by atoms with van der Waals surface area (Å²) < 4.78 is 2.38. The molecule has 110 valence electrons. The first-order chi connectivity index (χ1) is 10.3. The predicted molar refractivity (Wildman–Crippen MR) is 85.7 cm³/mol. The summed E-state index contributed by atoms with van der Waals surface area (Å²) >= 11 is 0. The fourth-order valence-corrected chi connectivity index (χ4v) is 3.68. The van der Waals surface area contributed by atoms with Crippen LogP contribution < -0.4 is 5.32 Å². The Labute approximate surface area is 126 Å². The fourth-order valence-electron chi connectivity index (χ4n) is 3.68. The van der Waals surface area contributed by atoms with Crippen LogP contribution in [0, 0.1) is 6.92 Å². The highest BCUT2D eigenvalue weighted by atomic mass is 15.2. The number of rotatable bonds is 4. The second kappa shape index (κ2) is 5.21. The molecule has 0 spiro atoms. The lowest BCUT2D eigenvalue weighted by Gasteiger charge is -2.14. The van der Waals surface area contributed by atoms with E-state index >= 15 is 0 Å². The molecule has 2 atom stereocenters. The Morgan fingerprint density at radius 1 is 1.14 bits per heavy atom. The molecular formula is C18H23N3. The summed E-state index contributed by atoms with van der Waals surface area (Å²) in [5.41, 5.74) is 2.58. The van der Waals surface area contributed by atoms with E-state index in [0.29, 0.717) is 18.0 Å². The molecule has 2 aromatic rings. The molecule has 2 aliphatic rings. The summed E-state index contributed by atoms with van der Waals surface area (Å²) in [7, 11) is 0. The van der Waals surface area contributed by atoms with Crippen LogP contribution in [0.3, 0.4) is 0 Å². The Bertz CT molecular complexity index is 611. The van der Waals surface area contributed by atoms with Gasteiger partial charge in [-0.25, -0.2) is 4.98 Å². The Balaban J connectivity index is 1.53. The lowest BCUT2D eigenvalue weighted by atomic mass is 10.1. The maximum Gasteiger partial charge on any atom is 0.203 e. The third-order valence-electron chi connectivity index (χ3n) is 4.88. The molecule has 2 fully saturated rings. The van der Waals surface area contributed by atoms with Gasteiger partial charge >= 0.3 is 0 Å². The normalized spacial score (nSPS) is 25.2. The van der Waals surface area contributed by atoms with Crippen LogP contribution in [0.1, 0.15) is 55.3 Å². The largest absolute Gasteiger partial charge is 0.353 e. The maximum absolute atomic E-state index is 4.72. The van der Waals surface area contributed by atoms with Crippen LogP contribution in [0.25, 0.3) is 0 Å². The van der Waals surface area contributed by atoms with Crippen LogP contribution in [-0.2, 0) is 0 Å². The summed E-state index contributed by atoms with van der Waals surface area (Å²) in [5, 5.41) is 3.68. The van der Waals surface area contributed by atoms with E-state index in [-0.39, 0.29) is 0 Å². The monoisotopic (exact) mass is 281 g/mol. The van der Waals surface area contributed by atoms with Gasteiger partial charge in [0, 0.05) is 24.2 Å². The maximum atomic E-state index is 4.72. The van der Waals surface area contributed by atoms with Crippen molar-refractivity contribution in [2.24, 2.45) is 0 Å². The number of imidazole rings is 1. The topological polar surface area (TPSA) is 29.9 Å². The summed E-state index contributed by atoms with van der Waals surface area (Å²) in [6, 6.07) is 12.1. The van der Waals surface area contributed by atoms with Crippen molar-refractivity contribution in [1.82, 2.24) is 9.55 Å². The molecule has 2 aliphatic carbocycles. The molecular weight excluding hydrogens is 258 g/mol. The van der Waals surface area contributed by atoms with Gasteiger partial charge in [-0.05, 0) is 31.7 Å².